The number of pyridine rings is 1. The minimum atomic E-state index is -3.31. The van der Waals surface area contributed by atoms with Gasteiger partial charge in [0.1, 0.15) is 11.9 Å². The average Bonchev–Trinajstić information content (AvgIpc) is 3.21. The number of aryl methyl sites for hydroxylation is 2. The third-order valence-corrected chi connectivity index (χ3v) is 8.93. The number of carboxylic acids is 1. The van der Waals surface area contributed by atoms with Crippen LogP contribution in [-0.4, -0.2) is 25.6 Å². The normalized spacial score (nSPS) is 12.3. The van der Waals surface area contributed by atoms with Crippen LogP contribution in [-0.2, 0) is 9.84 Å². The number of hydrogen-bond donors (Lipinski definition) is 0. The van der Waals surface area contributed by atoms with Gasteiger partial charge in [-0.25, -0.2) is 13.4 Å². The van der Waals surface area contributed by atoms with E-state index in [2.05, 4.69) is 0 Å². The monoisotopic (exact) mass is 553 g/mol. The molecule has 5 rings (SSSR count). The van der Waals surface area contributed by atoms with Crippen LogP contribution in [0.2, 0.25) is 0 Å². The number of benzene rings is 3. The van der Waals surface area contributed by atoms with E-state index in [0.717, 1.165) is 37.9 Å². The number of aromatic nitrogens is 1. The van der Waals surface area contributed by atoms with E-state index in [4.69, 9.17) is 9.72 Å². The van der Waals surface area contributed by atoms with E-state index in [-0.39, 0.29) is 40.0 Å². The van der Waals surface area contributed by atoms with Gasteiger partial charge in [-0.1, -0.05) is 36.4 Å². The summed E-state index contributed by atoms with van der Waals surface area (Å²) in [6, 6.07) is 19.6. The Bertz CT molecular complexity index is 1790. The number of carbonyl (C=O) groups is 1. The van der Waals surface area contributed by atoms with Gasteiger partial charge in [-0.15, -0.1) is 11.3 Å². The van der Waals surface area contributed by atoms with E-state index < -0.39 is 21.9 Å². The van der Waals surface area contributed by atoms with E-state index >= 15 is 0 Å². The molecule has 1 atom stereocenters. The van der Waals surface area contributed by atoms with Crippen molar-refractivity contribution in [3.05, 3.63) is 89.0 Å². The Hall–Kier alpha value is -2.75. The molecule has 0 aliphatic heterocycles. The first kappa shape index (κ1) is 28.3. The van der Waals surface area contributed by atoms with Crippen molar-refractivity contribution in [2.45, 2.75) is 31.8 Å². The minimum absolute atomic E-state index is 0. The Labute approximate surface area is 247 Å². The number of carbonyl (C=O) groups excluding carboxylic acids is 1. The molecule has 38 heavy (non-hydrogen) atoms. The van der Waals surface area contributed by atoms with Crippen molar-refractivity contribution in [1.29, 1.82) is 0 Å². The van der Waals surface area contributed by atoms with Crippen molar-refractivity contribution in [3.63, 3.8) is 0 Å². The summed E-state index contributed by atoms with van der Waals surface area (Å²) in [5.41, 5.74) is 3.74. The topological polar surface area (TPSA) is 96.4 Å². The molecule has 0 aliphatic carbocycles. The van der Waals surface area contributed by atoms with Gasteiger partial charge < -0.3 is 14.6 Å². The maximum atomic E-state index is 12.4. The van der Waals surface area contributed by atoms with Crippen molar-refractivity contribution in [2.75, 3.05) is 6.26 Å². The Morgan fingerprint density at radius 2 is 1.71 bits per heavy atom. The predicted octanol–water partition coefficient (Wildman–Crippen LogP) is 2.64. The molecule has 0 amide bonds. The Balaban J connectivity index is 0.00000336. The Morgan fingerprint density at radius 3 is 2.34 bits per heavy atom. The second-order valence-electron chi connectivity index (χ2n) is 9.10. The number of rotatable bonds is 6. The maximum Gasteiger partial charge on any atom is 1.00 e. The smallest absolute Gasteiger partial charge is 0.545 e. The molecule has 3 aromatic carbocycles. The van der Waals surface area contributed by atoms with Crippen LogP contribution in [0.25, 0.3) is 31.6 Å². The molecule has 0 saturated carbocycles. The van der Waals surface area contributed by atoms with Crippen molar-refractivity contribution >= 4 is 48.1 Å². The van der Waals surface area contributed by atoms with Gasteiger partial charge in [0, 0.05) is 16.5 Å². The molecule has 0 bridgehead atoms. The fraction of sp³-hybridized carbons (Fsp3) is 0.172. The zero-order valence-electron chi connectivity index (χ0n) is 21.7. The van der Waals surface area contributed by atoms with Crippen molar-refractivity contribution < 1.29 is 52.6 Å². The summed E-state index contributed by atoms with van der Waals surface area (Å²) in [4.78, 5) is 18.4. The number of fused-ring (bicyclic) bond motifs is 2. The molecule has 0 fully saturated rings. The molecule has 9 heteroatoms. The number of carboxylic acid groups (broad SMARTS) is 1. The predicted molar refractivity (Wildman–Crippen MR) is 145 cm³/mol. The molecule has 0 spiro atoms. The minimum Gasteiger partial charge on any atom is -0.545 e. The second-order valence-corrected chi connectivity index (χ2v) is 12.2. The first-order valence-electron chi connectivity index (χ1n) is 11.7. The van der Waals surface area contributed by atoms with E-state index in [1.807, 2.05) is 51.1 Å². The number of thiophene rings is 1. The zero-order chi connectivity index (χ0) is 26.5. The van der Waals surface area contributed by atoms with Gasteiger partial charge in [-0.05, 0) is 73.2 Å². The molecule has 0 radical (unpaired) electrons. The molecular formula is C29H24NNaO5S2. The Kier molecular flexibility index (Phi) is 8.02. The van der Waals surface area contributed by atoms with E-state index in [9.17, 15) is 18.3 Å². The van der Waals surface area contributed by atoms with E-state index in [0.29, 0.717) is 22.3 Å². The molecule has 0 N–H and O–H groups in total. The van der Waals surface area contributed by atoms with Crippen LogP contribution in [0.15, 0.2) is 71.6 Å². The third kappa shape index (κ3) is 5.24. The van der Waals surface area contributed by atoms with Gasteiger partial charge in [0.2, 0.25) is 0 Å². The second kappa shape index (κ2) is 10.8. The van der Waals surface area contributed by atoms with Crippen molar-refractivity contribution in [3.8, 4) is 16.3 Å². The molecule has 5 aromatic rings. The number of sulfone groups is 1. The van der Waals surface area contributed by atoms with Gasteiger partial charge in [0.15, 0.2) is 9.84 Å². The molecule has 0 aliphatic rings. The number of hydrogen-bond acceptors (Lipinski definition) is 7. The van der Waals surface area contributed by atoms with Crippen LogP contribution < -0.4 is 39.4 Å². The van der Waals surface area contributed by atoms with Crippen LogP contribution in [0.1, 0.15) is 40.1 Å². The zero-order valence-corrected chi connectivity index (χ0v) is 25.4. The Morgan fingerprint density at radius 1 is 1.03 bits per heavy atom. The first-order chi connectivity index (χ1) is 17.5. The average molecular weight is 554 g/mol. The summed E-state index contributed by atoms with van der Waals surface area (Å²) in [6.07, 6.45) is 0.683. The fourth-order valence-electron chi connectivity index (χ4n) is 4.48. The van der Waals surface area contributed by atoms with Gasteiger partial charge >= 0.3 is 29.6 Å². The largest absolute Gasteiger partial charge is 1.00 e. The summed E-state index contributed by atoms with van der Waals surface area (Å²) in [5, 5.41) is 13.9. The van der Waals surface area contributed by atoms with Crippen LogP contribution in [0, 0.1) is 13.8 Å². The molecular weight excluding hydrogens is 529 g/mol. The molecule has 0 unspecified atom stereocenters. The molecule has 0 saturated heterocycles. The summed E-state index contributed by atoms with van der Waals surface area (Å²) < 4.78 is 30.9. The number of aromatic carboxylic acids is 1. The summed E-state index contributed by atoms with van der Waals surface area (Å²) >= 11 is 1.58. The van der Waals surface area contributed by atoms with Crippen molar-refractivity contribution in [2.24, 2.45) is 0 Å². The molecule has 188 valence electrons. The maximum absolute atomic E-state index is 12.4. The first-order valence-corrected chi connectivity index (χ1v) is 14.4. The summed E-state index contributed by atoms with van der Waals surface area (Å²) in [5.74, 6) is -0.945. The third-order valence-electron chi connectivity index (χ3n) is 6.50. The van der Waals surface area contributed by atoms with Crippen LogP contribution in [0.5, 0.6) is 5.75 Å². The molecule has 6 nitrogen and oxygen atoms in total. The van der Waals surface area contributed by atoms with Crippen molar-refractivity contribution in [1.82, 2.24) is 4.98 Å². The van der Waals surface area contributed by atoms with Crippen LogP contribution in [0.4, 0.5) is 0 Å². The number of nitrogens with zero attached hydrogens (tertiary/aromatic N) is 1. The molecule has 2 aromatic heterocycles. The fourth-order valence-corrected chi connectivity index (χ4v) is 6.28. The number of ether oxygens (including phenoxy) is 1. The molecule has 2 heterocycles. The van der Waals surface area contributed by atoms with Gasteiger partial charge in [-0.2, -0.15) is 0 Å². The van der Waals surface area contributed by atoms with Gasteiger partial charge in [0.25, 0.3) is 0 Å². The summed E-state index contributed by atoms with van der Waals surface area (Å²) in [6.45, 7) is 5.72. The van der Waals surface area contributed by atoms with Crippen LogP contribution in [0.3, 0.4) is 0 Å². The standard InChI is InChI=1S/C29H25NO5S2.Na/c1-16-9-14-24(35-18(3)19-10-12-20(13-11-19)37(4,33)34)26-22(29(31)32)15-23(30-27(16)26)28-17(2)21-7-5-6-8-25(21)36-28;/h5-15,18H,1-4H3,(H,31,32);/q;+1/p-1/t18-;/m1./s1. The van der Waals surface area contributed by atoms with E-state index in [1.165, 1.54) is 12.1 Å². The van der Waals surface area contributed by atoms with E-state index in [1.54, 1.807) is 35.6 Å². The SMILES string of the molecule is Cc1c(-c2cc(C(=O)[O-])c3c(O[C@H](C)c4ccc(S(C)(=O)=O)cc4)ccc(C)c3n2)sc2ccccc12.[Na+]. The van der Waals surface area contributed by atoms with Gasteiger partial charge in [-0.3, -0.25) is 0 Å². The summed E-state index contributed by atoms with van der Waals surface area (Å²) in [7, 11) is -3.31. The van der Waals surface area contributed by atoms with Gasteiger partial charge in [0.05, 0.1) is 32.3 Å². The van der Waals surface area contributed by atoms with Crippen LogP contribution >= 0.6 is 11.3 Å². The quantitative estimate of drug-likeness (QED) is 0.300.